The number of piperidine rings is 1. The Bertz CT molecular complexity index is 819. The Morgan fingerprint density at radius 2 is 1.48 bits per heavy atom. The summed E-state index contributed by atoms with van der Waals surface area (Å²) >= 11 is 5.33. The Morgan fingerprint density at radius 3 is 2.00 bits per heavy atom. The summed E-state index contributed by atoms with van der Waals surface area (Å²) in [7, 11) is 0. The number of amides is 2. The molecular formula is C20H21N3O3S. The van der Waals surface area contributed by atoms with E-state index in [9.17, 15) is 9.59 Å². The lowest BCUT2D eigenvalue weighted by Gasteiger charge is -2.25. The molecule has 0 spiro atoms. The molecule has 2 N–H and O–H groups in total. The smallest absolute Gasteiger partial charge is 0.233 e. The van der Waals surface area contributed by atoms with Gasteiger partial charge in [-0.2, -0.15) is 0 Å². The number of carbonyl (C=O) groups is 2. The van der Waals surface area contributed by atoms with Gasteiger partial charge in [0.05, 0.1) is 12.3 Å². The summed E-state index contributed by atoms with van der Waals surface area (Å²) in [5.74, 6) is 0.499. The van der Waals surface area contributed by atoms with Crippen LogP contribution in [0.4, 0.5) is 17.1 Å². The maximum atomic E-state index is 12.0. The lowest BCUT2D eigenvalue weighted by molar-refractivity contribution is -0.129. The van der Waals surface area contributed by atoms with E-state index in [0.29, 0.717) is 36.7 Å². The topological polar surface area (TPSA) is 70.7 Å². The third-order valence-electron chi connectivity index (χ3n) is 4.09. The number of hydrogen-bond acceptors (Lipinski definition) is 4. The van der Waals surface area contributed by atoms with E-state index in [0.717, 1.165) is 17.1 Å². The molecule has 1 saturated heterocycles. The van der Waals surface area contributed by atoms with Gasteiger partial charge in [0.2, 0.25) is 11.8 Å². The molecule has 0 radical (unpaired) electrons. The number of benzene rings is 2. The van der Waals surface area contributed by atoms with Gasteiger partial charge in [-0.15, -0.1) is 0 Å². The second-order valence-electron chi connectivity index (χ2n) is 6.06. The summed E-state index contributed by atoms with van der Waals surface area (Å²) in [6.45, 7) is 2.56. The number of rotatable bonds is 5. The second kappa shape index (κ2) is 8.64. The number of carbonyl (C=O) groups excluding carboxylic acids is 2. The number of nitrogens with one attached hydrogen (secondary N) is 2. The molecule has 140 valence electrons. The molecule has 0 bridgehead atoms. The van der Waals surface area contributed by atoms with Crippen molar-refractivity contribution in [3.8, 4) is 5.75 Å². The highest BCUT2D eigenvalue weighted by atomic mass is 32.1. The predicted octanol–water partition coefficient (Wildman–Crippen LogP) is 3.94. The van der Waals surface area contributed by atoms with Gasteiger partial charge in [0.25, 0.3) is 0 Å². The van der Waals surface area contributed by atoms with Gasteiger partial charge in [-0.3, -0.25) is 14.5 Å². The van der Waals surface area contributed by atoms with Crippen LogP contribution < -0.4 is 20.3 Å². The number of imide groups is 1. The molecule has 1 aliphatic heterocycles. The second-order valence-corrected chi connectivity index (χ2v) is 6.47. The summed E-state index contributed by atoms with van der Waals surface area (Å²) < 4.78 is 5.41. The van der Waals surface area contributed by atoms with Crippen LogP contribution in [0.15, 0.2) is 48.5 Å². The minimum Gasteiger partial charge on any atom is -0.494 e. The van der Waals surface area contributed by atoms with Crippen LogP contribution in [0.2, 0.25) is 0 Å². The Kier molecular flexibility index (Phi) is 6.03. The molecule has 1 fully saturated rings. The van der Waals surface area contributed by atoms with Crippen molar-refractivity contribution in [2.75, 3.05) is 22.1 Å². The van der Waals surface area contributed by atoms with E-state index in [1.165, 1.54) is 4.90 Å². The van der Waals surface area contributed by atoms with Crippen LogP contribution in [0, 0.1) is 0 Å². The molecule has 27 heavy (non-hydrogen) atoms. The summed E-state index contributed by atoms with van der Waals surface area (Å²) in [5.41, 5.74) is 2.19. The van der Waals surface area contributed by atoms with Crippen molar-refractivity contribution in [3.63, 3.8) is 0 Å². The molecule has 0 unspecified atom stereocenters. The van der Waals surface area contributed by atoms with Crippen molar-refractivity contribution in [1.82, 2.24) is 0 Å². The molecule has 2 amide bonds. The van der Waals surface area contributed by atoms with Gasteiger partial charge in [-0.05, 0) is 74.1 Å². The minimum absolute atomic E-state index is 0.153. The fourth-order valence-corrected chi connectivity index (χ4v) is 3.07. The van der Waals surface area contributed by atoms with Gasteiger partial charge in [0, 0.05) is 24.2 Å². The molecule has 2 aromatic rings. The van der Waals surface area contributed by atoms with E-state index in [-0.39, 0.29) is 11.8 Å². The highest BCUT2D eigenvalue weighted by Gasteiger charge is 2.27. The van der Waals surface area contributed by atoms with Gasteiger partial charge in [-0.1, -0.05) is 0 Å². The summed E-state index contributed by atoms with van der Waals surface area (Å²) in [5, 5.41) is 6.62. The maximum absolute atomic E-state index is 12.0. The van der Waals surface area contributed by atoms with Crippen LogP contribution in [0.1, 0.15) is 26.2 Å². The zero-order valence-corrected chi connectivity index (χ0v) is 15.8. The van der Waals surface area contributed by atoms with E-state index >= 15 is 0 Å². The standard InChI is InChI=1S/C20H21N3O3S/c1-2-26-17-12-8-15(9-13-17)22-20(27)21-14-6-10-16(11-7-14)23-18(24)4-3-5-19(23)25/h6-13H,2-5H2,1H3,(H2,21,22,27). The largest absolute Gasteiger partial charge is 0.494 e. The third-order valence-corrected chi connectivity index (χ3v) is 4.29. The lowest BCUT2D eigenvalue weighted by atomic mass is 10.1. The highest BCUT2D eigenvalue weighted by molar-refractivity contribution is 7.80. The van der Waals surface area contributed by atoms with Crippen LogP contribution >= 0.6 is 12.2 Å². The number of nitrogens with zero attached hydrogens (tertiary/aromatic N) is 1. The Labute approximate surface area is 163 Å². The van der Waals surface area contributed by atoms with Gasteiger partial charge in [0.1, 0.15) is 5.75 Å². The van der Waals surface area contributed by atoms with Gasteiger partial charge >= 0.3 is 0 Å². The molecule has 0 aliphatic carbocycles. The molecule has 0 saturated carbocycles. The zero-order chi connectivity index (χ0) is 19.2. The van der Waals surface area contributed by atoms with Crippen molar-refractivity contribution in [1.29, 1.82) is 0 Å². The molecule has 0 atom stereocenters. The van der Waals surface area contributed by atoms with E-state index in [1.807, 2.05) is 31.2 Å². The lowest BCUT2D eigenvalue weighted by Crippen LogP contribution is -2.40. The average Bonchev–Trinajstić information content (AvgIpc) is 2.65. The molecule has 1 heterocycles. The molecule has 1 aliphatic rings. The van der Waals surface area contributed by atoms with Crippen molar-refractivity contribution in [2.45, 2.75) is 26.2 Å². The number of anilines is 3. The van der Waals surface area contributed by atoms with Gasteiger partial charge in [-0.25, -0.2) is 0 Å². The summed E-state index contributed by atoms with van der Waals surface area (Å²) in [4.78, 5) is 25.2. The van der Waals surface area contributed by atoms with Crippen LogP contribution in [0.25, 0.3) is 0 Å². The van der Waals surface area contributed by atoms with E-state index in [4.69, 9.17) is 17.0 Å². The predicted molar refractivity (Wildman–Crippen MR) is 110 cm³/mol. The SMILES string of the molecule is CCOc1ccc(NC(=S)Nc2ccc(N3C(=O)CCCC3=O)cc2)cc1. The molecular weight excluding hydrogens is 362 g/mol. The monoisotopic (exact) mass is 383 g/mol. The fourth-order valence-electron chi connectivity index (χ4n) is 2.83. The van der Waals surface area contributed by atoms with Crippen LogP contribution in [0.3, 0.4) is 0 Å². The molecule has 6 nitrogen and oxygen atoms in total. The third kappa shape index (κ3) is 4.83. The maximum Gasteiger partial charge on any atom is 0.233 e. The highest BCUT2D eigenvalue weighted by Crippen LogP contribution is 2.24. The number of hydrogen-bond donors (Lipinski definition) is 2. The minimum atomic E-state index is -0.153. The Hall–Kier alpha value is -2.93. The van der Waals surface area contributed by atoms with E-state index in [2.05, 4.69) is 10.6 Å². The first-order chi connectivity index (χ1) is 13.1. The first-order valence-electron chi connectivity index (χ1n) is 8.83. The number of ether oxygens (including phenoxy) is 1. The fraction of sp³-hybridized carbons (Fsp3) is 0.250. The van der Waals surface area contributed by atoms with Crippen LogP contribution in [0.5, 0.6) is 5.75 Å². The van der Waals surface area contributed by atoms with Gasteiger partial charge < -0.3 is 15.4 Å². The normalized spacial score (nSPS) is 14.0. The van der Waals surface area contributed by atoms with Crippen molar-refractivity contribution in [2.24, 2.45) is 0 Å². The molecule has 2 aromatic carbocycles. The Morgan fingerprint density at radius 1 is 0.963 bits per heavy atom. The van der Waals surface area contributed by atoms with E-state index < -0.39 is 0 Å². The first kappa shape index (κ1) is 18.8. The van der Waals surface area contributed by atoms with Crippen molar-refractivity contribution >= 4 is 46.2 Å². The molecule has 3 rings (SSSR count). The first-order valence-corrected chi connectivity index (χ1v) is 9.24. The summed E-state index contributed by atoms with van der Waals surface area (Å²) in [6, 6.07) is 14.6. The molecule has 0 aromatic heterocycles. The number of thiocarbonyl (C=S) groups is 1. The average molecular weight is 383 g/mol. The Balaban J connectivity index is 1.59. The quantitative estimate of drug-likeness (QED) is 0.602. The zero-order valence-electron chi connectivity index (χ0n) is 15.0. The summed E-state index contributed by atoms with van der Waals surface area (Å²) in [6.07, 6.45) is 1.43. The van der Waals surface area contributed by atoms with Gasteiger partial charge in [0.15, 0.2) is 5.11 Å². The van der Waals surface area contributed by atoms with Crippen molar-refractivity contribution in [3.05, 3.63) is 48.5 Å². The van der Waals surface area contributed by atoms with E-state index in [1.54, 1.807) is 24.3 Å². The van der Waals surface area contributed by atoms with Crippen LogP contribution in [-0.2, 0) is 9.59 Å². The molecule has 7 heteroatoms. The van der Waals surface area contributed by atoms with Crippen molar-refractivity contribution < 1.29 is 14.3 Å². The van der Waals surface area contributed by atoms with Crippen LogP contribution in [-0.4, -0.2) is 23.5 Å².